The molecule has 0 radical (unpaired) electrons. The number of aliphatic imine (C=N–C) groups is 2. The molecule has 2 heterocycles. The Hall–Kier alpha value is -2.58. The first-order chi connectivity index (χ1) is 13.3. The van der Waals surface area contributed by atoms with Crippen LogP contribution in [-0.2, 0) is 14.3 Å². The van der Waals surface area contributed by atoms with Crippen molar-refractivity contribution in [2.24, 2.45) is 9.98 Å². The molecule has 28 heavy (non-hydrogen) atoms. The molecule has 0 aromatic heterocycles. The summed E-state index contributed by atoms with van der Waals surface area (Å²) in [6, 6.07) is 6.50. The van der Waals surface area contributed by atoms with Gasteiger partial charge in [0, 0.05) is 18.7 Å². The second-order valence-electron chi connectivity index (χ2n) is 6.67. The molecule has 3 rings (SSSR count). The van der Waals surface area contributed by atoms with Gasteiger partial charge in [0.1, 0.15) is 0 Å². The quantitative estimate of drug-likeness (QED) is 0.733. The number of hydrogen-bond donors (Lipinski definition) is 0. The van der Waals surface area contributed by atoms with Crippen molar-refractivity contribution in [2.45, 2.75) is 44.9 Å². The van der Waals surface area contributed by atoms with E-state index < -0.39 is 17.8 Å². The molecule has 9 heteroatoms. The predicted octanol–water partition coefficient (Wildman–Crippen LogP) is 3.44. The summed E-state index contributed by atoms with van der Waals surface area (Å²) in [4.78, 5) is 21.4. The monoisotopic (exact) mass is 397 g/mol. The molecule has 1 fully saturated rings. The molecule has 2 aliphatic rings. The van der Waals surface area contributed by atoms with Crippen molar-refractivity contribution >= 4 is 17.9 Å². The van der Waals surface area contributed by atoms with Crippen molar-refractivity contribution in [3.8, 4) is 0 Å². The van der Waals surface area contributed by atoms with E-state index in [1.165, 1.54) is 6.92 Å². The Balaban J connectivity index is 2.16. The molecular formula is C19H22F3N3O3. The maximum atomic E-state index is 14.1. The van der Waals surface area contributed by atoms with Gasteiger partial charge in [-0.3, -0.25) is 0 Å². The maximum Gasteiger partial charge on any atom is 0.446 e. The number of hydrogen-bond acceptors (Lipinski definition) is 6. The van der Waals surface area contributed by atoms with Crippen molar-refractivity contribution in [2.75, 3.05) is 19.7 Å². The predicted molar refractivity (Wildman–Crippen MR) is 97.1 cm³/mol. The molecule has 0 aliphatic carbocycles. The minimum absolute atomic E-state index is 0.221. The zero-order valence-electron chi connectivity index (χ0n) is 15.8. The van der Waals surface area contributed by atoms with Crippen LogP contribution in [-0.4, -0.2) is 54.3 Å². The highest BCUT2D eigenvalue weighted by Crippen LogP contribution is 2.39. The van der Waals surface area contributed by atoms with Gasteiger partial charge in [0.15, 0.2) is 0 Å². The van der Waals surface area contributed by atoms with Crippen molar-refractivity contribution in [3.63, 3.8) is 0 Å². The molecule has 0 spiro atoms. The molecule has 1 aromatic rings. The van der Waals surface area contributed by atoms with E-state index >= 15 is 0 Å². The van der Waals surface area contributed by atoms with Crippen molar-refractivity contribution in [1.29, 1.82) is 0 Å². The van der Waals surface area contributed by atoms with E-state index in [-0.39, 0.29) is 18.5 Å². The molecule has 2 aliphatic heterocycles. The average Bonchev–Trinajstić information content (AvgIpc) is 2.68. The standard InChI is InChI=1S/C19H22F3N3O3/c1-3-27-16(26)18(19(20,21)22)23-15(14-10-6-5-9-13(14)2)28-17(24-18)25-11-7-4-8-12-25/h5-6,9-10H,3-4,7-8,11-12H2,1-2H3. The number of esters is 1. The Kier molecular flexibility index (Phi) is 5.62. The van der Waals surface area contributed by atoms with E-state index in [1.807, 2.05) is 0 Å². The van der Waals surface area contributed by atoms with Crippen LogP contribution in [0.2, 0.25) is 0 Å². The number of carbonyl (C=O) groups excluding carboxylic acids is 1. The van der Waals surface area contributed by atoms with E-state index in [2.05, 4.69) is 9.98 Å². The number of piperidine rings is 1. The third kappa shape index (κ3) is 3.70. The van der Waals surface area contributed by atoms with Crippen molar-refractivity contribution in [1.82, 2.24) is 4.90 Å². The molecule has 1 atom stereocenters. The van der Waals surface area contributed by atoms with Gasteiger partial charge in [-0.1, -0.05) is 18.2 Å². The van der Waals surface area contributed by atoms with Gasteiger partial charge in [0.05, 0.1) is 6.61 Å². The van der Waals surface area contributed by atoms with Crippen molar-refractivity contribution < 1.29 is 27.4 Å². The summed E-state index contributed by atoms with van der Waals surface area (Å²) in [5.41, 5.74) is -2.35. The van der Waals surface area contributed by atoms with Crippen LogP contribution in [0.1, 0.15) is 37.3 Å². The molecule has 1 aromatic carbocycles. The maximum absolute atomic E-state index is 14.1. The summed E-state index contributed by atoms with van der Waals surface area (Å²) in [5, 5.41) is 0. The van der Waals surface area contributed by atoms with Crippen LogP contribution in [0.5, 0.6) is 0 Å². The third-order valence-electron chi connectivity index (χ3n) is 4.67. The van der Waals surface area contributed by atoms with Crippen LogP contribution in [0.4, 0.5) is 13.2 Å². The summed E-state index contributed by atoms with van der Waals surface area (Å²) in [6.45, 7) is 3.93. The van der Waals surface area contributed by atoms with Crippen LogP contribution in [0.25, 0.3) is 0 Å². The summed E-state index contributed by atoms with van der Waals surface area (Å²) in [5.74, 6) is -1.86. The summed E-state index contributed by atoms with van der Waals surface area (Å²) in [6.07, 6.45) is -2.50. The van der Waals surface area contributed by atoms with Crippen LogP contribution in [0.15, 0.2) is 34.3 Å². The van der Waals surface area contributed by atoms with Gasteiger partial charge >= 0.3 is 17.8 Å². The zero-order valence-corrected chi connectivity index (χ0v) is 15.8. The van der Waals surface area contributed by atoms with E-state index in [1.54, 1.807) is 36.1 Å². The number of ether oxygens (including phenoxy) is 2. The molecule has 0 saturated carbocycles. The Bertz CT molecular complexity index is 801. The summed E-state index contributed by atoms with van der Waals surface area (Å²) < 4.78 is 52.7. The molecular weight excluding hydrogens is 375 g/mol. The Morgan fingerprint density at radius 1 is 1.21 bits per heavy atom. The van der Waals surface area contributed by atoms with E-state index in [0.717, 1.165) is 19.3 Å². The smallest absolute Gasteiger partial charge is 0.446 e. The number of benzene rings is 1. The number of likely N-dealkylation sites (tertiary alicyclic amines) is 1. The number of aryl methyl sites for hydroxylation is 1. The topological polar surface area (TPSA) is 63.5 Å². The number of amidine groups is 1. The van der Waals surface area contributed by atoms with Gasteiger partial charge in [-0.2, -0.15) is 23.2 Å². The van der Waals surface area contributed by atoms with E-state index in [4.69, 9.17) is 9.47 Å². The fraction of sp³-hybridized carbons (Fsp3) is 0.526. The molecule has 0 amide bonds. The second-order valence-corrected chi connectivity index (χ2v) is 6.67. The average molecular weight is 397 g/mol. The zero-order chi connectivity index (χ0) is 20.4. The fourth-order valence-corrected chi connectivity index (χ4v) is 3.16. The first-order valence-corrected chi connectivity index (χ1v) is 9.21. The SMILES string of the molecule is CCOC(=O)C1(C(F)(F)F)N=C(c2ccccc2C)OC(N2CCCCC2)=N1. The molecule has 152 valence electrons. The van der Waals surface area contributed by atoms with Gasteiger partial charge < -0.3 is 14.4 Å². The molecule has 1 unspecified atom stereocenters. The normalized spacial score (nSPS) is 22.8. The molecule has 0 bridgehead atoms. The minimum Gasteiger partial charge on any atom is -0.462 e. The highest BCUT2D eigenvalue weighted by molar-refractivity contribution is 6.06. The number of nitrogens with zero attached hydrogens (tertiary/aromatic N) is 3. The van der Waals surface area contributed by atoms with Gasteiger partial charge in [0.2, 0.25) is 5.90 Å². The van der Waals surface area contributed by atoms with Crippen LogP contribution in [0, 0.1) is 6.92 Å². The summed E-state index contributed by atoms with van der Waals surface area (Å²) >= 11 is 0. The molecule has 6 nitrogen and oxygen atoms in total. The lowest BCUT2D eigenvalue weighted by Gasteiger charge is -2.35. The van der Waals surface area contributed by atoms with Crippen LogP contribution < -0.4 is 0 Å². The first-order valence-electron chi connectivity index (χ1n) is 9.21. The summed E-state index contributed by atoms with van der Waals surface area (Å²) in [7, 11) is 0. The molecule has 0 N–H and O–H groups in total. The van der Waals surface area contributed by atoms with Gasteiger partial charge in [-0.25, -0.2) is 4.79 Å². The third-order valence-corrected chi connectivity index (χ3v) is 4.67. The highest BCUT2D eigenvalue weighted by Gasteiger charge is 2.65. The highest BCUT2D eigenvalue weighted by atomic mass is 19.4. The first kappa shape index (κ1) is 20.2. The van der Waals surface area contributed by atoms with Gasteiger partial charge in [0.25, 0.3) is 6.02 Å². The number of halogens is 3. The minimum atomic E-state index is -5.09. The Morgan fingerprint density at radius 3 is 2.50 bits per heavy atom. The number of alkyl halides is 3. The van der Waals surface area contributed by atoms with Gasteiger partial charge in [-0.15, -0.1) is 0 Å². The molecule has 1 saturated heterocycles. The van der Waals surface area contributed by atoms with Crippen LogP contribution in [0.3, 0.4) is 0 Å². The lowest BCUT2D eigenvalue weighted by atomic mass is 10.1. The fourth-order valence-electron chi connectivity index (χ4n) is 3.16. The number of rotatable bonds is 3. The second kappa shape index (κ2) is 7.81. The number of carbonyl (C=O) groups is 1. The van der Waals surface area contributed by atoms with Crippen LogP contribution >= 0.6 is 0 Å². The largest absolute Gasteiger partial charge is 0.462 e. The van der Waals surface area contributed by atoms with E-state index in [0.29, 0.717) is 24.2 Å². The Labute approximate surface area is 161 Å². The van der Waals surface area contributed by atoms with Crippen molar-refractivity contribution in [3.05, 3.63) is 35.4 Å². The van der Waals surface area contributed by atoms with Gasteiger partial charge in [-0.05, 0) is 44.7 Å². The lowest BCUT2D eigenvalue weighted by Crippen LogP contribution is -2.55. The Morgan fingerprint density at radius 2 is 1.89 bits per heavy atom. The lowest BCUT2D eigenvalue weighted by molar-refractivity contribution is -0.204. The van der Waals surface area contributed by atoms with E-state index in [9.17, 15) is 18.0 Å².